The first-order valence-electron chi connectivity index (χ1n) is 12.7. The summed E-state index contributed by atoms with van der Waals surface area (Å²) in [7, 11) is 0. The van der Waals surface area contributed by atoms with Gasteiger partial charge in [0, 0.05) is 23.9 Å². The first-order valence-corrected chi connectivity index (χ1v) is 12.7. The van der Waals surface area contributed by atoms with Gasteiger partial charge in [-0.2, -0.15) is 0 Å². The second-order valence-electron chi connectivity index (χ2n) is 9.19. The number of unbranched alkanes of at least 4 members (excludes halogenated alkanes) is 1. The Morgan fingerprint density at radius 3 is 2.27 bits per heavy atom. The number of benzene rings is 3. The number of hydrogen-bond acceptors (Lipinski definition) is 4. The molecule has 1 heterocycles. The van der Waals surface area contributed by atoms with E-state index in [0.717, 1.165) is 58.8 Å². The van der Waals surface area contributed by atoms with Crippen molar-refractivity contribution in [3.63, 3.8) is 0 Å². The summed E-state index contributed by atoms with van der Waals surface area (Å²) < 4.78 is 12.1. The highest BCUT2D eigenvalue weighted by atomic mass is 16.5. The van der Waals surface area contributed by atoms with Crippen LogP contribution in [0, 0.1) is 6.92 Å². The van der Waals surface area contributed by atoms with E-state index in [1.54, 1.807) is 12.4 Å². The molecule has 0 saturated carbocycles. The minimum Gasteiger partial charge on any atom is -0.493 e. The fourth-order valence-corrected chi connectivity index (χ4v) is 4.26. The lowest BCUT2D eigenvalue weighted by atomic mass is 9.89. The van der Waals surface area contributed by atoms with Gasteiger partial charge in [0.2, 0.25) is 0 Å². The molecule has 0 radical (unpaired) electrons. The zero-order valence-electron chi connectivity index (χ0n) is 21.4. The summed E-state index contributed by atoms with van der Waals surface area (Å²) in [5, 5.41) is 9.39. The lowest BCUT2D eigenvalue weighted by Crippen LogP contribution is -2.08. The fourth-order valence-electron chi connectivity index (χ4n) is 4.26. The van der Waals surface area contributed by atoms with E-state index in [1.807, 2.05) is 36.4 Å². The van der Waals surface area contributed by atoms with Crippen LogP contribution in [-0.4, -0.2) is 22.7 Å². The zero-order valence-corrected chi connectivity index (χ0v) is 21.4. The van der Waals surface area contributed by atoms with Gasteiger partial charge in [-0.3, -0.25) is 9.78 Å². The molecule has 0 aliphatic rings. The van der Waals surface area contributed by atoms with Crippen LogP contribution < -0.4 is 9.47 Å². The summed E-state index contributed by atoms with van der Waals surface area (Å²) in [6.45, 7) is 5.41. The number of aliphatic carboxylic acids is 1. The normalized spacial score (nSPS) is 11.6. The molecule has 4 aromatic rings. The number of carboxylic acid groups (broad SMARTS) is 1. The van der Waals surface area contributed by atoms with E-state index in [0.29, 0.717) is 6.61 Å². The van der Waals surface area contributed by atoms with E-state index >= 15 is 0 Å². The van der Waals surface area contributed by atoms with Crippen LogP contribution in [0.4, 0.5) is 0 Å². The molecule has 0 amide bonds. The number of rotatable bonds is 12. The molecule has 0 aliphatic carbocycles. The predicted molar refractivity (Wildman–Crippen MR) is 146 cm³/mol. The lowest BCUT2D eigenvalue weighted by Gasteiger charge is -2.16. The SMILES string of the molecule is CCCCOc1ccc(C)cc1-c1ccc(COc2ccc(C(CC(=O)O)c3ccncc3)cc2)cc1. The average molecular weight is 496 g/mol. The molecule has 1 N–H and O–H groups in total. The molecule has 0 fully saturated rings. The van der Waals surface area contributed by atoms with Gasteiger partial charge >= 0.3 is 5.97 Å². The number of carboxylic acids is 1. The summed E-state index contributed by atoms with van der Waals surface area (Å²) in [5.74, 6) is 0.577. The van der Waals surface area contributed by atoms with Crippen LogP contribution in [0.2, 0.25) is 0 Å². The van der Waals surface area contributed by atoms with Crippen LogP contribution in [0.1, 0.15) is 54.4 Å². The Balaban J connectivity index is 1.41. The first-order chi connectivity index (χ1) is 18.0. The van der Waals surface area contributed by atoms with Gasteiger partial charge in [-0.1, -0.05) is 61.4 Å². The van der Waals surface area contributed by atoms with Crippen molar-refractivity contribution < 1.29 is 19.4 Å². The Hall–Kier alpha value is -4.12. The van der Waals surface area contributed by atoms with Gasteiger partial charge in [0.05, 0.1) is 13.0 Å². The highest BCUT2D eigenvalue weighted by Crippen LogP contribution is 2.32. The summed E-state index contributed by atoms with van der Waals surface area (Å²) in [5.41, 5.74) is 6.34. The monoisotopic (exact) mass is 495 g/mol. The van der Waals surface area contributed by atoms with Crippen molar-refractivity contribution in [2.45, 2.75) is 45.6 Å². The van der Waals surface area contributed by atoms with Crippen molar-refractivity contribution in [2.75, 3.05) is 6.61 Å². The first kappa shape index (κ1) is 26.0. The number of carbonyl (C=O) groups is 1. The summed E-state index contributed by atoms with van der Waals surface area (Å²) in [6.07, 6.45) is 5.53. The van der Waals surface area contributed by atoms with Crippen molar-refractivity contribution in [1.82, 2.24) is 4.98 Å². The van der Waals surface area contributed by atoms with Gasteiger partial charge in [-0.25, -0.2) is 0 Å². The molecule has 5 heteroatoms. The van der Waals surface area contributed by atoms with Gasteiger partial charge in [0.1, 0.15) is 18.1 Å². The molecule has 5 nitrogen and oxygen atoms in total. The molecule has 3 aromatic carbocycles. The summed E-state index contributed by atoms with van der Waals surface area (Å²) in [6, 6.07) is 26.0. The van der Waals surface area contributed by atoms with Crippen LogP contribution in [0.3, 0.4) is 0 Å². The number of aromatic nitrogens is 1. The topological polar surface area (TPSA) is 68.7 Å². The van der Waals surface area contributed by atoms with Crippen LogP contribution in [-0.2, 0) is 11.4 Å². The Morgan fingerprint density at radius 1 is 0.892 bits per heavy atom. The Morgan fingerprint density at radius 2 is 1.59 bits per heavy atom. The predicted octanol–water partition coefficient (Wildman–Crippen LogP) is 7.42. The Bertz CT molecular complexity index is 1280. The van der Waals surface area contributed by atoms with Gasteiger partial charge in [0.25, 0.3) is 0 Å². The highest BCUT2D eigenvalue weighted by molar-refractivity contribution is 5.71. The standard InChI is InChI=1S/C32H33NO4/c1-3-4-19-36-31-14-5-23(2)20-30(31)26-8-6-24(7-9-26)22-37-28-12-10-25(11-13-28)29(21-32(34)35)27-15-17-33-18-16-27/h5-18,20,29H,3-4,19,21-22H2,1-2H3,(H,34,35). The average Bonchev–Trinajstić information content (AvgIpc) is 2.92. The third-order valence-electron chi connectivity index (χ3n) is 6.33. The summed E-state index contributed by atoms with van der Waals surface area (Å²) >= 11 is 0. The van der Waals surface area contributed by atoms with Crippen LogP contribution in [0.5, 0.6) is 11.5 Å². The molecule has 0 aliphatic heterocycles. The van der Waals surface area contributed by atoms with Gasteiger partial charge in [0.15, 0.2) is 0 Å². The molecule has 0 bridgehead atoms. The molecular weight excluding hydrogens is 462 g/mol. The van der Waals surface area contributed by atoms with E-state index in [4.69, 9.17) is 9.47 Å². The maximum Gasteiger partial charge on any atom is 0.304 e. The van der Waals surface area contributed by atoms with E-state index in [2.05, 4.69) is 61.3 Å². The highest BCUT2D eigenvalue weighted by Gasteiger charge is 2.18. The fraction of sp³-hybridized carbons (Fsp3) is 0.250. The molecule has 0 spiro atoms. The molecule has 190 valence electrons. The largest absolute Gasteiger partial charge is 0.493 e. The van der Waals surface area contributed by atoms with E-state index in [-0.39, 0.29) is 12.3 Å². The minimum atomic E-state index is -0.837. The smallest absolute Gasteiger partial charge is 0.304 e. The van der Waals surface area contributed by atoms with Crippen molar-refractivity contribution in [2.24, 2.45) is 0 Å². The molecule has 1 atom stereocenters. The van der Waals surface area contributed by atoms with E-state index < -0.39 is 5.97 Å². The number of aryl methyl sites for hydroxylation is 1. The van der Waals surface area contributed by atoms with Crippen molar-refractivity contribution in [1.29, 1.82) is 0 Å². The summed E-state index contributed by atoms with van der Waals surface area (Å²) in [4.78, 5) is 15.5. The quantitative estimate of drug-likeness (QED) is 0.207. The maximum absolute atomic E-state index is 11.4. The maximum atomic E-state index is 11.4. The number of nitrogens with zero attached hydrogens (tertiary/aromatic N) is 1. The minimum absolute atomic E-state index is 0.0167. The van der Waals surface area contributed by atoms with E-state index in [9.17, 15) is 9.90 Å². The van der Waals surface area contributed by atoms with Crippen LogP contribution >= 0.6 is 0 Å². The third-order valence-corrected chi connectivity index (χ3v) is 6.33. The Kier molecular flexibility index (Phi) is 8.93. The van der Waals surface area contributed by atoms with Crippen molar-refractivity contribution in [3.05, 3.63) is 114 Å². The number of ether oxygens (including phenoxy) is 2. The van der Waals surface area contributed by atoms with Crippen LogP contribution in [0.25, 0.3) is 11.1 Å². The molecule has 4 rings (SSSR count). The molecule has 0 saturated heterocycles. The van der Waals surface area contributed by atoms with E-state index in [1.165, 1.54) is 5.56 Å². The third kappa shape index (κ3) is 7.20. The van der Waals surface area contributed by atoms with Gasteiger partial charge in [-0.15, -0.1) is 0 Å². The zero-order chi connectivity index (χ0) is 26.0. The molecule has 37 heavy (non-hydrogen) atoms. The number of hydrogen-bond donors (Lipinski definition) is 1. The number of pyridine rings is 1. The second kappa shape index (κ2) is 12.7. The lowest BCUT2D eigenvalue weighted by molar-refractivity contribution is -0.137. The van der Waals surface area contributed by atoms with Crippen molar-refractivity contribution >= 4 is 5.97 Å². The van der Waals surface area contributed by atoms with Gasteiger partial charge < -0.3 is 14.6 Å². The molecule has 1 aromatic heterocycles. The molecular formula is C32H33NO4. The van der Waals surface area contributed by atoms with Crippen LogP contribution in [0.15, 0.2) is 91.3 Å². The van der Waals surface area contributed by atoms with Gasteiger partial charge in [-0.05, 0) is 72.0 Å². The molecule has 1 unspecified atom stereocenters. The Labute approximate surface area is 218 Å². The van der Waals surface area contributed by atoms with Crippen molar-refractivity contribution in [3.8, 4) is 22.6 Å². The second-order valence-corrected chi connectivity index (χ2v) is 9.19.